The highest BCUT2D eigenvalue weighted by molar-refractivity contribution is 7.85. The lowest BCUT2D eigenvalue weighted by atomic mass is 10.0. The molecule has 0 aliphatic carbocycles. The first-order chi connectivity index (χ1) is 19.4. The van der Waals surface area contributed by atoms with Crippen LogP contribution in [-0.2, 0) is 10.1 Å². The molecule has 0 aromatic carbocycles. The second-order valence-corrected chi connectivity index (χ2v) is 14.5. The van der Waals surface area contributed by atoms with Gasteiger partial charge in [-0.05, 0) is 38.5 Å². The predicted octanol–water partition coefficient (Wildman–Crippen LogP) is 10.9. The minimum absolute atomic E-state index is 0.195. The molecule has 0 bridgehead atoms. The molecule has 0 unspecified atom stereocenters. The summed E-state index contributed by atoms with van der Waals surface area (Å²) in [4.78, 5) is 0. The Kier molecular flexibility index (Phi) is 28.9. The fraction of sp³-hybridized carbons (Fsp3) is 1.00. The van der Waals surface area contributed by atoms with Crippen molar-refractivity contribution in [2.75, 3.05) is 31.9 Å². The summed E-state index contributed by atoms with van der Waals surface area (Å²) in [6.45, 7) is 10.5. The molecule has 40 heavy (non-hydrogen) atoms. The Balaban J connectivity index is 4.77. The molecule has 0 radical (unpaired) electrons. The van der Waals surface area contributed by atoms with Gasteiger partial charge >= 0.3 is 0 Å². The number of hydrogen-bond acceptors (Lipinski definition) is 3. The van der Waals surface area contributed by atoms with Crippen molar-refractivity contribution < 1.29 is 17.5 Å². The molecule has 0 aromatic rings. The average molecular weight is 588 g/mol. The molecule has 4 nitrogen and oxygen atoms in total. The minimum Gasteiger partial charge on any atom is -0.748 e. The lowest BCUT2D eigenvalue weighted by Gasteiger charge is -2.40. The van der Waals surface area contributed by atoms with Gasteiger partial charge in [0.25, 0.3) is 0 Å². The van der Waals surface area contributed by atoms with Gasteiger partial charge in [0.2, 0.25) is 0 Å². The molecule has 0 fully saturated rings. The Morgan fingerprint density at radius 2 is 0.600 bits per heavy atom. The SMILES string of the molecule is CCCCCCCCCCC[N+](CCCCCCCCCCC)(CCCCCCCCCCC)CCS(=O)(=O)[O-]. The van der Waals surface area contributed by atoms with Crippen LogP contribution < -0.4 is 0 Å². The molecule has 0 rings (SSSR count). The maximum absolute atomic E-state index is 11.7. The molecule has 0 spiro atoms. The van der Waals surface area contributed by atoms with Crippen molar-refractivity contribution in [1.29, 1.82) is 0 Å². The Morgan fingerprint density at radius 3 is 0.825 bits per heavy atom. The summed E-state index contributed by atoms with van der Waals surface area (Å²) in [6.07, 6.45) is 35.4. The van der Waals surface area contributed by atoms with Crippen molar-refractivity contribution in [3.63, 3.8) is 0 Å². The monoisotopic (exact) mass is 588 g/mol. The number of hydrogen-bond donors (Lipinski definition) is 0. The highest BCUT2D eigenvalue weighted by atomic mass is 32.2. The minimum atomic E-state index is -4.17. The van der Waals surface area contributed by atoms with Crippen molar-refractivity contribution in [3.8, 4) is 0 Å². The summed E-state index contributed by atoms with van der Waals surface area (Å²) in [5.41, 5.74) is 0. The summed E-state index contributed by atoms with van der Waals surface area (Å²) in [5.74, 6) is -0.195. The van der Waals surface area contributed by atoms with E-state index >= 15 is 0 Å². The van der Waals surface area contributed by atoms with Crippen LogP contribution in [0.5, 0.6) is 0 Å². The molecule has 0 amide bonds. The van der Waals surface area contributed by atoms with Crippen molar-refractivity contribution >= 4 is 10.1 Å². The standard InChI is InChI=1S/C35H73NO3S/c1-4-7-10-13-16-19-22-25-28-31-36(34-35-40(37,38)39,32-29-26-23-20-17-14-11-8-5-2)33-30-27-24-21-18-15-12-9-6-3/h4-35H2,1-3H3. The second-order valence-electron chi connectivity index (χ2n) is 13.0. The summed E-state index contributed by atoms with van der Waals surface area (Å²) in [5, 5.41) is 0. The summed E-state index contributed by atoms with van der Waals surface area (Å²) in [7, 11) is -4.17. The van der Waals surface area contributed by atoms with E-state index < -0.39 is 10.1 Å². The third-order valence-electron chi connectivity index (χ3n) is 9.02. The Labute approximate surface area is 253 Å². The number of rotatable bonds is 33. The fourth-order valence-corrected chi connectivity index (χ4v) is 6.86. The molecule has 242 valence electrons. The van der Waals surface area contributed by atoms with Crippen LogP contribution in [0.1, 0.15) is 194 Å². The molecule has 0 saturated heterocycles. The first kappa shape index (κ1) is 39.9. The second kappa shape index (κ2) is 29.0. The largest absolute Gasteiger partial charge is 0.748 e. The lowest BCUT2D eigenvalue weighted by Crippen LogP contribution is -2.52. The third kappa shape index (κ3) is 28.0. The van der Waals surface area contributed by atoms with E-state index in [1.807, 2.05) is 0 Å². The zero-order chi connectivity index (χ0) is 29.6. The molecule has 0 aliphatic heterocycles. The van der Waals surface area contributed by atoms with Crippen molar-refractivity contribution in [2.45, 2.75) is 194 Å². The van der Waals surface area contributed by atoms with E-state index in [0.717, 1.165) is 24.1 Å². The first-order valence-electron chi connectivity index (χ1n) is 18.2. The summed E-state index contributed by atoms with van der Waals surface area (Å²) < 4.78 is 35.9. The Morgan fingerprint density at radius 1 is 0.375 bits per heavy atom. The van der Waals surface area contributed by atoms with Crippen LogP contribution in [0.3, 0.4) is 0 Å². The van der Waals surface area contributed by atoms with E-state index in [-0.39, 0.29) is 5.75 Å². The smallest absolute Gasteiger partial charge is 0.100 e. The van der Waals surface area contributed by atoms with Gasteiger partial charge in [-0.1, -0.05) is 156 Å². The van der Waals surface area contributed by atoms with Gasteiger partial charge in [0.1, 0.15) is 10.1 Å². The quantitative estimate of drug-likeness (QED) is 0.0436. The van der Waals surface area contributed by atoms with Gasteiger partial charge in [-0.25, -0.2) is 8.42 Å². The zero-order valence-corrected chi connectivity index (χ0v) is 28.5. The van der Waals surface area contributed by atoms with Crippen molar-refractivity contribution in [2.24, 2.45) is 0 Å². The van der Waals surface area contributed by atoms with Crippen LogP contribution in [0.4, 0.5) is 0 Å². The molecule has 0 saturated carbocycles. The molecule has 5 heteroatoms. The molecule has 0 aliphatic rings. The first-order valence-corrected chi connectivity index (χ1v) is 19.8. The van der Waals surface area contributed by atoms with Gasteiger partial charge in [-0.3, -0.25) is 0 Å². The lowest BCUT2D eigenvalue weighted by molar-refractivity contribution is -0.926. The maximum Gasteiger partial charge on any atom is 0.100 e. The van der Waals surface area contributed by atoms with E-state index in [2.05, 4.69) is 20.8 Å². The molecular weight excluding hydrogens is 514 g/mol. The molecule has 0 heterocycles. The van der Waals surface area contributed by atoms with Gasteiger partial charge in [0.05, 0.1) is 31.9 Å². The van der Waals surface area contributed by atoms with Crippen LogP contribution >= 0.6 is 0 Å². The van der Waals surface area contributed by atoms with E-state index in [0.29, 0.717) is 6.54 Å². The average Bonchev–Trinajstić information content (AvgIpc) is 2.93. The number of quaternary nitrogens is 1. The van der Waals surface area contributed by atoms with Crippen LogP contribution in [0.15, 0.2) is 0 Å². The van der Waals surface area contributed by atoms with Crippen LogP contribution in [0.2, 0.25) is 0 Å². The third-order valence-corrected chi connectivity index (χ3v) is 9.71. The topological polar surface area (TPSA) is 57.2 Å². The maximum atomic E-state index is 11.7. The summed E-state index contributed by atoms with van der Waals surface area (Å²) >= 11 is 0. The van der Waals surface area contributed by atoms with E-state index in [9.17, 15) is 13.0 Å². The molecular formula is C35H73NO3S. The predicted molar refractivity (Wildman–Crippen MR) is 176 cm³/mol. The van der Waals surface area contributed by atoms with Gasteiger partial charge in [0.15, 0.2) is 0 Å². The number of unbranched alkanes of at least 4 members (excludes halogenated alkanes) is 24. The molecule has 0 aromatic heterocycles. The molecule has 0 N–H and O–H groups in total. The van der Waals surface area contributed by atoms with Crippen molar-refractivity contribution in [3.05, 3.63) is 0 Å². The van der Waals surface area contributed by atoms with E-state index in [1.165, 1.54) is 173 Å². The van der Waals surface area contributed by atoms with Gasteiger partial charge in [-0.2, -0.15) is 0 Å². The van der Waals surface area contributed by atoms with E-state index in [1.54, 1.807) is 0 Å². The Bertz CT molecular complexity index is 553. The fourth-order valence-electron chi connectivity index (χ4n) is 6.25. The van der Waals surface area contributed by atoms with Crippen LogP contribution in [0.25, 0.3) is 0 Å². The van der Waals surface area contributed by atoms with Gasteiger partial charge in [0, 0.05) is 0 Å². The highest BCUT2D eigenvalue weighted by Gasteiger charge is 2.27. The van der Waals surface area contributed by atoms with E-state index in [4.69, 9.17) is 0 Å². The Hall–Kier alpha value is -0.130. The zero-order valence-electron chi connectivity index (χ0n) is 27.7. The number of nitrogens with zero attached hydrogens (tertiary/aromatic N) is 1. The van der Waals surface area contributed by atoms with Crippen LogP contribution in [-0.4, -0.2) is 49.4 Å². The molecule has 0 atom stereocenters. The summed E-state index contributed by atoms with van der Waals surface area (Å²) in [6, 6.07) is 0. The highest BCUT2D eigenvalue weighted by Crippen LogP contribution is 2.20. The normalized spacial score (nSPS) is 12.4. The van der Waals surface area contributed by atoms with Gasteiger partial charge in [-0.15, -0.1) is 0 Å². The van der Waals surface area contributed by atoms with Gasteiger partial charge < -0.3 is 9.04 Å². The van der Waals surface area contributed by atoms with Crippen molar-refractivity contribution in [1.82, 2.24) is 0 Å². The van der Waals surface area contributed by atoms with Crippen LogP contribution in [0, 0.1) is 0 Å².